The fraction of sp³-hybridized carbons (Fsp3) is 0.148. The fourth-order valence-electron chi connectivity index (χ4n) is 4.20. The van der Waals surface area contributed by atoms with E-state index in [-0.39, 0.29) is 50.5 Å². The minimum absolute atomic E-state index is 0.0499. The summed E-state index contributed by atoms with van der Waals surface area (Å²) in [6.07, 6.45) is 0. The third-order valence-corrected chi connectivity index (χ3v) is 11.5. The van der Waals surface area contributed by atoms with Gasteiger partial charge in [0.2, 0.25) is 0 Å². The highest BCUT2D eigenvalue weighted by molar-refractivity contribution is 7.90. The van der Waals surface area contributed by atoms with Crippen molar-refractivity contribution in [2.45, 2.75) is 20.4 Å². The number of benzene rings is 4. The Kier molecular flexibility index (Phi) is 12.2. The molecule has 0 aliphatic rings. The van der Waals surface area contributed by atoms with Crippen LogP contribution in [0.3, 0.4) is 0 Å². The summed E-state index contributed by atoms with van der Waals surface area (Å²) >= 11 is 11.0. The van der Waals surface area contributed by atoms with Crippen LogP contribution in [0.1, 0.15) is 15.9 Å². The monoisotopic (exact) mass is 800 g/mol. The summed E-state index contributed by atoms with van der Waals surface area (Å²) in [5, 5.41) is 11.9. The zero-order chi connectivity index (χ0) is 37.1. The molecule has 0 heterocycles. The van der Waals surface area contributed by atoms with Crippen LogP contribution in [-0.2, 0) is 45.9 Å². The van der Waals surface area contributed by atoms with Crippen molar-refractivity contribution in [3.05, 3.63) is 76.8 Å². The average molecular weight is 802 g/mol. The topological polar surface area (TPSA) is 282 Å². The lowest BCUT2D eigenvalue weighted by Crippen LogP contribution is -2.14. The predicted octanol–water partition coefficient (Wildman–Crippen LogP) is 3.62. The van der Waals surface area contributed by atoms with Crippen LogP contribution in [0.4, 0.5) is 11.4 Å². The lowest BCUT2D eigenvalue weighted by molar-refractivity contribution is 0.102. The molecule has 16 nitrogen and oxygen atoms in total. The maximum absolute atomic E-state index is 12.7. The molecule has 0 fully saturated rings. The number of fused-ring (bicyclic) bond motifs is 1. The van der Waals surface area contributed by atoms with Crippen LogP contribution in [0.2, 0.25) is 5.02 Å². The standard InChI is InChI=1S/C20H18ClNO10S3.C7H8ClNO4S/c21-7-8-33(25,26)11-12-1-3-13(4-2-12)20(24)22-16-5-6-18(35(30,31)32)15-9-14(34(27,28)29)10-17(23)19(15)16;1-13-6-3-7(14(10,11)12)4(8)2-5(6)9/h1-6,9-10,23H,7-8,11H2,(H,22,24)(H,27,28,29)(H,30,31,32);2-3H,9H2,1H3,(H,10,11,12). The normalized spacial score (nSPS) is 12.2. The highest BCUT2D eigenvalue weighted by atomic mass is 35.5. The number of nitrogens with two attached hydrogens (primary N) is 1. The van der Waals surface area contributed by atoms with Gasteiger partial charge in [-0.1, -0.05) is 23.7 Å². The Morgan fingerprint density at radius 3 is 1.94 bits per heavy atom. The first-order valence-electron chi connectivity index (χ1n) is 13.0. The van der Waals surface area contributed by atoms with Crippen molar-refractivity contribution in [1.29, 1.82) is 0 Å². The Hall–Kier alpha value is -3.73. The van der Waals surface area contributed by atoms with Crippen molar-refractivity contribution in [3.63, 3.8) is 0 Å². The first-order valence-corrected chi connectivity index (χ1v) is 20.1. The van der Waals surface area contributed by atoms with Crippen molar-refractivity contribution in [1.82, 2.24) is 0 Å². The highest BCUT2D eigenvalue weighted by Gasteiger charge is 2.23. The van der Waals surface area contributed by atoms with Crippen molar-refractivity contribution in [2.75, 3.05) is 29.8 Å². The zero-order valence-electron chi connectivity index (χ0n) is 24.7. The number of phenolic OH excluding ortho intramolecular Hbond substituents is 1. The minimum atomic E-state index is -4.89. The number of alkyl halides is 1. The second-order valence-electron chi connectivity index (χ2n) is 9.86. The quantitative estimate of drug-likeness (QED) is 0.0759. The maximum atomic E-state index is 12.7. The number of anilines is 2. The first-order chi connectivity index (χ1) is 22.5. The molecule has 0 aliphatic carbocycles. The van der Waals surface area contributed by atoms with Crippen LogP contribution in [0.15, 0.2) is 75.4 Å². The Labute approximate surface area is 290 Å². The average Bonchev–Trinajstić information content (AvgIpc) is 2.95. The third kappa shape index (κ3) is 10.2. The van der Waals surface area contributed by atoms with E-state index in [2.05, 4.69) is 5.32 Å². The molecule has 0 aromatic heterocycles. The van der Waals surface area contributed by atoms with E-state index in [1.807, 2.05) is 0 Å². The zero-order valence-corrected chi connectivity index (χ0v) is 29.5. The second-order valence-corrected chi connectivity index (χ2v) is 17.0. The molecule has 266 valence electrons. The summed E-state index contributed by atoms with van der Waals surface area (Å²) in [6, 6.07) is 11.1. The Bertz CT molecular complexity index is 2370. The lowest BCUT2D eigenvalue weighted by atomic mass is 10.1. The summed E-state index contributed by atoms with van der Waals surface area (Å²) in [5.41, 5.74) is 6.03. The van der Waals surface area contributed by atoms with E-state index in [1.54, 1.807) is 0 Å². The maximum Gasteiger partial charge on any atom is 0.296 e. The molecule has 0 unspecified atom stereocenters. The van der Waals surface area contributed by atoms with Crippen LogP contribution < -0.4 is 15.8 Å². The fourth-order valence-corrected chi connectivity index (χ4v) is 8.22. The van der Waals surface area contributed by atoms with Crippen LogP contribution in [0, 0.1) is 0 Å². The van der Waals surface area contributed by atoms with Crippen LogP contribution in [0.5, 0.6) is 11.5 Å². The summed E-state index contributed by atoms with van der Waals surface area (Å²) in [7, 11) is -16.2. The van der Waals surface area contributed by atoms with Gasteiger partial charge in [-0.25, -0.2) is 8.42 Å². The van der Waals surface area contributed by atoms with E-state index in [0.29, 0.717) is 11.6 Å². The number of nitrogen functional groups attached to an aromatic ring is 1. The van der Waals surface area contributed by atoms with Gasteiger partial charge >= 0.3 is 0 Å². The van der Waals surface area contributed by atoms with Gasteiger partial charge in [-0.15, -0.1) is 11.6 Å². The van der Waals surface area contributed by atoms with Gasteiger partial charge in [0.15, 0.2) is 9.84 Å². The van der Waals surface area contributed by atoms with Crippen molar-refractivity contribution < 1.29 is 62.0 Å². The predicted molar refractivity (Wildman–Crippen MR) is 180 cm³/mol. The summed E-state index contributed by atoms with van der Waals surface area (Å²) in [4.78, 5) is 10.7. The van der Waals surface area contributed by atoms with E-state index >= 15 is 0 Å². The number of phenols is 1. The molecule has 0 atom stereocenters. The smallest absolute Gasteiger partial charge is 0.296 e. The van der Waals surface area contributed by atoms with Gasteiger partial charge in [0.1, 0.15) is 21.3 Å². The third-order valence-electron chi connectivity index (χ3n) is 6.40. The van der Waals surface area contributed by atoms with Gasteiger partial charge in [0.05, 0.1) is 39.9 Å². The summed E-state index contributed by atoms with van der Waals surface area (Å²) in [6.45, 7) is 0. The molecular formula is C27H26Cl2N2O14S4. The van der Waals surface area contributed by atoms with E-state index < -0.39 is 71.9 Å². The number of ether oxygens (including phenoxy) is 1. The molecule has 0 aliphatic heterocycles. The number of hydrogen-bond acceptors (Lipinski definition) is 12. The molecule has 4 aromatic carbocycles. The Morgan fingerprint density at radius 1 is 0.837 bits per heavy atom. The molecule has 49 heavy (non-hydrogen) atoms. The number of amides is 1. The molecule has 0 saturated heterocycles. The van der Waals surface area contributed by atoms with E-state index in [0.717, 1.165) is 24.3 Å². The molecule has 0 spiro atoms. The Morgan fingerprint density at radius 2 is 1.43 bits per heavy atom. The largest absolute Gasteiger partial charge is 0.507 e. The molecule has 22 heteroatoms. The number of sulfone groups is 1. The van der Waals surface area contributed by atoms with Crippen molar-refractivity contribution in [3.8, 4) is 11.5 Å². The van der Waals surface area contributed by atoms with E-state index in [4.69, 9.17) is 38.2 Å². The number of carbonyl (C=O) groups excluding carboxylic acids is 1. The van der Waals surface area contributed by atoms with Crippen LogP contribution >= 0.6 is 23.2 Å². The van der Waals surface area contributed by atoms with Crippen LogP contribution in [-0.4, -0.2) is 77.1 Å². The number of rotatable bonds is 10. The number of nitrogens with one attached hydrogen (secondary N) is 1. The SMILES string of the molecule is COc1cc(S(=O)(=O)O)c(Cl)cc1N.O=C(Nc1ccc(S(=O)(=O)O)c2cc(S(=O)(=O)O)cc(O)c12)c1ccc(CS(=O)(=O)CCCl)cc1. The second kappa shape index (κ2) is 15.0. The summed E-state index contributed by atoms with van der Waals surface area (Å²) < 4.78 is 124. The molecule has 4 rings (SSSR count). The lowest BCUT2D eigenvalue weighted by Gasteiger charge is -2.14. The molecule has 4 aromatic rings. The number of methoxy groups -OCH3 is 1. The van der Waals surface area contributed by atoms with Crippen molar-refractivity contribution in [2.24, 2.45) is 0 Å². The highest BCUT2D eigenvalue weighted by Crippen LogP contribution is 2.38. The van der Waals surface area contributed by atoms with Gasteiger partial charge < -0.3 is 20.9 Å². The Balaban J connectivity index is 0.000000388. The molecular weight excluding hydrogens is 775 g/mol. The van der Waals surface area contributed by atoms with Crippen LogP contribution in [0.25, 0.3) is 10.8 Å². The van der Waals surface area contributed by atoms with Gasteiger partial charge in [-0.3, -0.25) is 18.5 Å². The number of halogens is 2. The number of carbonyl (C=O) groups is 1. The minimum Gasteiger partial charge on any atom is -0.507 e. The molecule has 1 amide bonds. The number of hydrogen-bond donors (Lipinski definition) is 6. The molecule has 7 N–H and O–H groups in total. The van der Waals surface area contributed by atoms with Gasteiger partial charge in [0, 0.05) is 34.3 Å². The molecule has 0 saturated carbocycles. The molecule has 0 bridgehead atoms. The number of aromatic hydroxyl groups is 1. The van der Waals surface area contributed by atoms with Crippen molar-refractivity contribution >= 4 is 91.4 Å². The van der Waals surface area contributed by atoms with E-state index in [9.17, 15) is 52.7 Å². The van der Waals surface area contributed by atoms with Gasteiger partial charge in [-0.2, -0.15) is 25.3 Å². The van der Waals surface area contributed by atoms with Gasteiger partial charge in [-0.05, 0) is 42.0 Å². The van der Waals surface area contributed by atoms with E-state index in [1.165, 1.54) is 37.4 Å². The first kappa shape index (κ1) is 39.7. The summed E-state index contributed by atoms with van der Waals surface area (Å²) in [5.74, 6) is -1.90. The van der Waals surface area contributed by atoms with Gasteiger partial charge in [0.25, 0.3) is 36.3 Å². The molecule has 0 radical (unpaired) electrons.